The average molecular weight is 485 g/mol. The number of hydrogen-bond donors (Lipinski definition) is 3. The maximum Gasteiger partial charge on any atom is 0.416 e. The molecule has 0 saturated heterocycles. The van der Waals surface area contributed by atoms with Crippen molar-refractivity contribution >= 4 is 22.4 Å². The Labute approximate surface area is 203 Å². The molecule has 1 aromatic heterocycles. The lowest BCUT2D eigenvalue weighted by molar-refractivity contribution is -0.137. The molecule has 186 valence electrons. The summed E-state index contributed by atoms with van der Waals surface area (Å²) in [5.74, 6) is 1.64. The number of rotatable bonds is 4. The topological polar surface area (TPSA) is 84.1 Å². The van der Waals surface area contributed by atoms with Gasteiger partial charge in [-0.3, -0.25) is 0 Å². The summed E-state index contributed by atoms with van der Waals surface area (Å²) in [4.78, 5) is 9.46. The Morgan fingerprint density at radius 3 is 2.46 bits per heavy atom. The van der Waals surface area contributed by atoms with Gasteiger partial charge in [-0.05, 0) is 111 Å². The van der Waals surface area contributed by atoms with Gasteiger partial charge in [0.2, 0.25) is 0 Å². The third kappa shape index (κ3) is 4.68. The highest BCUT2D eigenvalue weighted by Crippen LogP contribution is 2.42. The molecule has 0 aliphatic heterocycles. The molecule has 4 N–H and O–H groups in total. The molecule has 0 unspecified atom stereocenters. The lowest BCUT2D eigenvalue weighted by Gasteiger charge is -2.28. The standard InChI is InChI=1S/C27H31F3N4O/c1-14(17-10-18(27(28,29)30)12-19(31)11-17)32-26-24-13-23(16-6-8-20(35)9-7-16)21-4-3-5-22(21)25(24)33-15(2)34-26/h10-14,16,20,35H,3-9,31H2,1-2H3,(H,32,33,34)/t14-,16?,20?/m1/s1. The van der Waals surface area contributed by atoms with Crippen LogP contribution >= 0.6 is 0 Å². The van der Waals surface area contributed by atoms with E-state index < -0.39 is 17.8 Å². The van der Waals surface area contributed by atoms with Gasteiger partial charge in [-0.2, -0.15) is 13.2 Å². The van der Waals surface area contributed by atoms with Crippen LogP contribution in [-0.2, 0) is 19.0 Å². The number of hydrogen-bond acceptors (Lipinski definition) is 5. The fourth-order valence-electron chi connectivity index (χ4n) is 5.75. The van der Waals surface area contributed by atoms with Crippen LogP contribution in [0.25, 0.3) is 10.9 Å². The van der Waals surface area contributed by atoms with E-state index in [4.69, 9.17) is 10.7 Å². The summed E-state index contributed by atoms with van der Waals surface area (Å²) < 4.78 is 40.1. The molecule has 1 atom stereocenters. The summed E-state index contributed by atoms with van der Waals surface area (Å²) in [6.07, 6.45) is 1.91. The number of nitrogen functional groups attached to an aromatic ring is 1. The maximum atomic E-state index is 13.4. The fourth-order valence-corrected chi connectivity index (χ4v) is 5.75. The molecular weight excluding hydrogens is 453 g/mol. The molecule has 0 radical (unpaired) electrons. The third-order valence-corrected chi connectivity index (χ3v) is 7.50. The monoisotopic (exact) mass is 484 g/mol. The lowest BCUT2D eigenvalue weighted by atomic mass is 9.79. The number of fused-ring (bicyclic) bond motifs is 3. The van der Waals surface area contributed by atoms with Crippen molar-refractivity contribution in [1.29, 1.82) is 0 Å². The minimum atomic E-state index is -4.47. The fraction of sp³-hybridized carbons (Fsp3) is 0.481. The minimum Gasteiger partial charge on any atom is -0.399 e. The summed E-state index contributed by atoms with van der Waals surface area (Å²) in [7, 11) is 0. The minimum absolute atomic E-state index is 0.0757. The molecule has 5 nitrogen and oxygen atoms in total. The Morgan fingerprint density at radius 2 is 1.74 bits per heavy atom. The van der Waals surface area contributed by atoms with Crippen LogP contribution in [0.5, 0.6) is 0 Å². The second-order valence-corrected chi connectivity index (χ2v) is 10.0. The zero-order valence-electron chi connectivity index (χ0n) is 20.0. The normalized spacial score (nSPS) is 21.2. The molecule has 3 aromatic rings. The summed E-state index contributed by atoms with van der Waals surface area (Å²) >= 11 is 0. The first-order valence-electron chi connectivity index (χ1n) is 12.4. The highest BCUT2D eigenvalue weighted by Gasteiger charge is 2.32. The second kappa shape index (κ2) is 8.97. The number of benzene rings is 2. The number of aryl methyl sites for hydroxylation is 2. The van der Waals surface area contributed by atoms with E-state index in [2.05, 4.69) is 16.4 Å². The largest absolute Gasteiger partial charge is 0.416 e. The quantitative estimate of drug-likeness (QED) is 0.383. The van der Waals surface area contributed by atoms with Crippen LogP contribution in [0.3, 0.4) is 0 Å². The Kier molecular flexibility index (Phi) is 6.11. The van der Waals surface area contributed by atoms with Crippen LogP contribution in [-0.4, -0.2) is 21.2 Å². The van der Waals surface area contributed by atoms with Gasteiger partial charge in [-0.25, -0.2) is 9.97 Å². The first-order chi connectivity index (χ1) is 16.6. The van der Waals surface area contributed by atoms with Crippen LogP contribution in [0, 0.1) is 6.92 Å². The number of nitrogens with one attached hydrogen (secondary N) is 1. The molecule has 2 aromatic carbocycles. The summed E-state index contributed by atoms with van der Waals surface area (Å²) in [5.41, 5.74) is 10.5. The Morgan fingerprint density at radius 1 is 1.03 bits per heavy atom. The van der Waals surface area contributed by atoms with Crippen molar-refractivity contribution in [3.8, 4) is 0 Å². The van der Waals surface area contributed by atoms with Crippen LogP contribution < -0.4 is 11.1 Å². The number of aliphatic hydroxyl groups excluding tert-OH is 1. The van der Waals surface area contributed by atoms with E-state index in [1.165, 1.54) is 16.7 Å². The van der Waals surface area contributed by atoms with Gasteiger partial charge in [-0.15, -0.1) is 0 Å². The number of nitrogens with zero attached hydrogens (tertiary/aromatic N) is 2. The van der Waals surface area contributed by atoms with Gasteiger partial charge in [0, 0.05) is 11.1 Å². The van der Waals surface area contributed by atoms with Crippen molar-refractivity contribution in [2.45, 2.75) is 83.0 Å². The van der Waals surface area contributed by atoms with Gasteiger partial charge in [0.1, 0.15) is 11.6 Å². The number of anilines is 2. The maximum absolute atomic E-state index is 13.4. The van der Waals surface area contributed by atoms with Crippen molar-refractivity contribution in [3.05, 3.63) is 57.9 Å². The van der Waals surface area contributed by atoms with Gasteiger partial charge < -0.3 is 16.2 Å². The summed E-state index contributed by atoms with van der Waals surface area (Å²) in [6, 6.07) is 5.41. The van der Waals surface area contributed by atoms with Crippen LogP contribution in [0.15, 0.2) is 24.3 Å². The van der Waals surface area contributed by atoms with Crippen molar-refractivity contribution in [2.24, 2.45) is 0 Å². The average Bonchev–Trinajstić information content (AvgIpc) is 3.29. The van der Waals surface area contributed by atoms with E-state index in [0.717, 1.165) is 68.0 Å². The molecule has 0 bridgehead atoms. The van der Waals surface area contributed by atoms with E-state index in [9.17, 15) is 18.3 Å². The predicted octanol–water partition coefficient (Wildman–Crippen LogP) is 6.22. The first-order valence-corrected chi connectivity index (χ1v) is 12.4. The third-order valence-electron chi connectivity index (χ3n) is 7.50. The SMILES string of the molecule is Cc1nc(N[C@H](C)c2cc(N)cc(C(F)(F)F)c2)c2cc(C3CCC(O)CC3)c3c(c2n1)CCC3. The zero-order valence-corrected chi connectivity index (χ0v) is 20.0. The number of halogens is 3. The number of aliphatic hydroxyl groups is 1. The Hall–Kier alpha value is -2.87. The molecular formula is C27H31F3N4O. The van der Waals surface area contributed by atoms with Gasteiger partial charge in [-0.1, -0.05) is 0 Å². The van der Waals surface area contributed by atoms with E-state index in [-0.39, 0.29) is 11.8 Å². The Bertz CT molecular complexity index is 1270. The molecule has 0 amide bonds. The predicted molar refractivity (Wildman–Crippen MR) is 131 cm³/mol. The van der Waals surface area contributed by atoms with Crippen molar-refractivity contribution < 1.29 is 18.3 Å². The molecule has 1 saturated carbocycles. The molecule has 5 rings (SSSR count). The molecule has 35 heavy (non-hydrogen) atoms. The number of alkyl halides is 3. The Balaban J connectivity index is 1.57. The molecule has 0 spiro atoms. The van der Waals surface area contributed by atoms with Crippen molar-refractivity contribution in [1.82, 2.24) is 9.97 Å². The first kappa shape index (κ1) is 23.9. The summed E-state index contributed by atoms with van der Waals surface area (Å²) in [5, 5.41) is 14.3. The van der Waals surface area contributed by atoms with Crippen LogP contribution in [0.1, 0.15) is 84.6 Å². The van der Waals surface area contributed by atoms with Crippen molar-refractivity contribution in [3.63, 3.8) is 0 Å². The molecule has 8 heteroatoms. The number of aromatic nitrogens is 2. The zero-order chi connectivity index (χ0) is 24.9. The number of nitrogens with two attached hydrogens (primary N) is 1. The van der Waals surface area contributed by atoms with Gasteiger partial charge >= 0.3 is 6.18 Å². The van der Waals surface area contributed by atoms with Gasteiger partial charge in [0.05, 0.1) is 23.2 Å². The van der Waals surface area contributed by atoms with E-state index in [1.54, 1.807) is 6.07 Å². The van der Waals surface area contributed by atoms with Gasteiger partial charge in [0.25, 0.3) is 0 Å². The summed E-state index contributed by atoms with van der Waals surface area (Å²) in [6.45, 7) is 3.66. The van der Waals surface area contributed by atoms with E-state index >= 15 is 0 Å². The molecule has 2 aliphatic rings. The lowest BCUT2D eigenvalue weighted by Crippen LogP contribution is -2.18. The highest BCUT2D eigenvalue weighted by atomic mass is 19.4. The van der Waals surface area contributed by atoms with E-state index in [0.29, 0.717) is 23.1 Å². The second-order valence-electron chi connectivity index (χ2n) is 10.0. The molecule has 1 fully saturated rings. The van der Waals surface area contributed by atoms with Crippen LogP contribution in [0.2, 0.25) is 0 Å². The smallest absolute Gasteiger partial charge is 0.399 e. The van der Waals surface area contributed by atoms with Gasteiger partial charge in [0.15, 0.2) is 0 Å². The van der Waals surface area contributed by atoms with E-state index in [1.807, 2.05) is 13.8 Å². The van der Waals surface area contributed by atoms with Crippen LogP contribution in [0.4, 0.5) is 24.7 Å². The molecule has 2 aliphatic carbocycles. The highest BCUT2D eigenvalue weighted by molar-refractivity contribution is 5.93. The van der Waals surface area contributed by atoms with Crippen molar-refractivity contribution in [2.75, 3.05) is 11.1 Å². The molecule has 1 heterocycles.